The average Bonchev–Trinajstić information content (AvgIpc) is 3.05. The van der Waals surface area contributed by atoms with E-state index in [1.54, 1.807) is 48.5 Å². The Labute approximate surface area is 172 Å². The van der Waals surface area contributed by atoms with Gasteiger partial charge in [-0.25, -0.2) is 4.99 Å². The van der Waals surface area contributed by atoms with E-state index in [1.165, 1.54) is 0 Å². The summed E-state index contributed by atoms with van der Waals surface area (Å²) >= 11 is 0.951. The number of benzene rings is 3. The van der Waals surface area contributed by atoms with Crippen LogP contribution in [0.3, 0.4) is 0 Å². The van der Waals surface area contributed by atoms with Crippen molar-refractivity contribution < 1.29 is 9.59 Å². The first kappa shape index (κ1) is 18.7. The van der Waals surface area contributed by atoms with Gasteiger partial charge in [0.2, 0.25) is 5.12 Å². The van der Waals surface area contributed by atoms with Crippen LogP contribution in [0.1, 0.15) is 10.4 Å². The molecule has 0 bridgehead atoms. The quantitative estimate of drug-likeness (QED) is 0.475. The van der Waals surface area contributed by atoms with E-state index >= 15 is 0 Å². The highest BCUT2D eigenvalue weighted by Crippen LogP contribution is 2.34. The lowest BCUT2D eigenvalue weighted by Crippen LogP contribution is -2.14. The summed E-state index contributed by atoms with van der Waals surface area (Å²) in [6.45, 7) is 0. The van der Waals surface area contributed by atoms with Gasteiger partial charge in [0, 0.05) is 16.9 Å². The molecular weight excluding hydrogens is 382 g/mol. The summed E-state index contributed by atoms with van der Waals surface area (Å²) in [5.41, 5.74) is 8.69. The number of ketones is 1. The molecule has 5 nitrogen and oxygen atoms in total. The van der Waals surface area contributed by atoms with Crippen molar-refractivity contribution >= 4 is 44.8 Å². The molecule has 0 unspecified atom stereocenters. The number of rotatable bonds is 5. The zero-order valence-electron chi connectivity index (χ0n) is 15.3. The molecular formula is C23H17N3O2S. The molecule has 142 valence electrons. The Hall–Kier alpha value is -3.64. The van der Waals surface area contributed by atoms with Gasteiger partial charge in [0.25, 0.3) is 0 Å². The third kappa shape index (κ3) is 4.12. The number of hydrogen-bond donors (Lipinski definition) is 2. The van der Waals surface area contributed by atoms with Gasteiger partial charge in [0.15, 0.2) is 5.78 Å². The summed E-state index contributed by atoms with van der Waals surface area (Å²) in [5.74, 6) is -0.253. The maximum atomic E-state index is 13.3. The maximum absolute atomic E-state index is 13.3. The second-order valence-corrected chi connectivity index (χ2v) is 7.30. The number of nitrogens with two attached hydrogens (primary N) is 1. The van der Waals surface area contributed by atoms with E-state index < -0.39 is 0 Å². The number of nitrogen functional groups attached to an aromatic ring is 1. The number of carbonyl (C=O) groups excluding carboxylic acids is 2. The van der Waals surface area contributed by atoms with Crippen molar-refractivity contribution in [2.24, 2.45) is 4.99 Å². The number of para-hydroxylation sites is 1. The molecule has 6 heteroatoms. The normalized spacial score (nSPS) is 15.0. The highest BCUT2D eigenvalue weighted by molar-refractivity contribution is 8.28. The van der Waals surface area contributed by atoms with Crippen LogP contribution in [0.15, 0.2) is 101 Å². The minimum Gasteiger partial charge on any atom is -0.399 e. The second kappa shape index (κ2) is 8.16. The number of thioether (sulfide) groups is 1. The molecule has 0 radical (unpaired) electrons. The molecule has 0 aromatic heterocycles. The Bertz CT molecular complexity index is 1120. The number of Topliss-reactive ketones (excluding diaryl/α,β-unsaturated/α-hetero) is 1. The van der Waals surface area contributed by atoms with Crippen molar-refractivity contribution in [3.05, 3.63) is 102 Å². The molecule has 29 heavy (non-hydrogen) atoms. The van der Waals surface area contributed by atoms with E-state index in [0.717, 1.165) is 11.8 Å². The van der Waals surface area contributed by atoms with Crippen LogP contribution in [-0.2, 0) is 4.79 Å². The molecule has 1 aliphatic heterocycles. The van der Waals surface area contributed by atoms with Gasteiger partial charge < -0.3 is 11.1 Å². The van der Waals surface area contributed by atoms with Crippen LogP contribution >= 0.6 is 11.8 Å². The van der Waals surface area contributed by atoms with Crippen LogP contribution in [0, 0.1) is 0 Å². The van der Waals surface area contributed by atoms with Crippen molar-refractivity contribution in [2.75, 3.05) is 11.1 Å². The molecule has 3 N–H and O–H groups in total. The van der Waals surface area contributed by atoms with Crippen molar-refractivity contribution in [2.45, 2.75) is 0 Å². The lowest BCUT2D eigenvalue weighted by atomic mass is 10.0. The van der Waals surface area contributed by atoms with E-state index in [1.807, 2.05) is 36.4 Å². The molecule has 1 heterocycles. The summed E-state index contributed by atoms with van der Waals surface area (Å²) in [5, 5.41) is 3.21. The first-order chi connectivity index (χ1) is 14.1. The average molecular weight is 399 g/mol. The fourth-order valence-electron chi connectivity index (χ4n) is 2.87. The number of hydrogen-bond acceptors (Lipinski definition) is 6. The number of nitrogens with one attached hydrogen (secondary N) is 1. The Morgan fingerprint density at radius 2 is 1.48 bits per heavy atom. The molecule has 0 saturated carbocycles. The Balaban J connectivity index is 1.81. The number of anilines is 2. The summed E-state index contributed by atoms with van der Waals surface area (Å²) < 4.78 is 0. The summed E-state index contributed by atoms with van der Waals surface area (Å²) in [6.07, 6.45) is 0. The van der Waals surface area contributed by atoms with Crippen molar-refractivity contribution in [1.82, 2.24) is 0 Å². The summed E-state index contributed by atoms with van der Waals surface area (Å²) in [4.78, 5) is 30.6. The molecule has 0 fully saturated rings. The minimum atomic E-state index is -0.254. The van der Waals surface area contributed by atoms with E-state index in [0.29, 0.717) is 27.7 Å². The topological polar surface area (TPSA) is 84.5 Å². The van der Waals surface area contributed by atoms with E-state index in [-0.39, 0.29) is 22.2 Å². The van der Waals surface area contributed by atoms with Crippen LogP contribution in [0.25, 0.3) is 0 Å². The van der Waals surface area contributed by atoms with Gasteiger partial charge in [0.1, 0.15) is 10.7 Å². The number of nitrogens with zero attached hydrogens (tertiary/aromatic N) is 1. The Morgan fingerprint density at radius 3 is 2.14 bits per heavy atom. The van der Waals surface area contributed by atoms with Crippen LogP contribution in [0.2, 0.25) is 0 Å². The number of carbonyl (C=O) groups is 2. The Morgan fingerprint density at radius 1 is 0.862 bits per heavy atom. The van der Waals surface area contributed by atoms with Crippen LogP contribution < -0.4 is 11.1 Å². The molecule has 0 amide bonds. The molecule has 3 aromatic rings. The first-order valence-electron chi connectivity index (χ1n) is 8.95. The van der Waals surface area contributed by atoms with Crippen LogP contribution in [0.5, 0.6) is 0 Å². The van der Waals surface area contributed by atoms with Crippen LogP contribution in [0.4, 0.5) is 17.1 Å². The molecule has 0 aliphatic carbocycles. The van der Waals surface area contributed by atoms with Gasteiger partial charge >= 0.3 is 0 Å². The van der Waals surface area contributed by atoms with Crippen molar-refractivity contribution in [1.29, 1.82) is 0 Å². The van der Waals surface area contributed by atoms with Gasteiger partial charge in [-0.15, -0.1) is 0 Å². The maximum Gasteiger partial charge on any atom is 0.242 e. The molecule has 1 aliphatic rings. The van der Waals surface area contributed by atoms with Gasteiger partial charge in [0.05, 0.1) is 11.3 Å². The Kier molecular flexibility index (Phi) is 5.27. The van der Waals surface area contributed by atoms with E-state index in [2.05, 4.69) is 10.3 Å². The lowest BCUT2D eigenvalue weighted by Gasteiger charge is -2.09. The predicted octanol–water partition coefficient (Wildman–Crippen LogP) is 4.82. The van der Waals surface area contributed by atoms with Gasteiger partial charge in [-0.3, -0.25) is 9.59 Å². The van der Waals surface area contributed by atoms with Gasteiger partial charge in [-0.2, -0.15) is 0 Å². The predicted molar refractivity (Wildman–Crippen MR) is 118 cm³/mol. The number of aliphatic imine (C=N–C) groups is 1. The monoisotopic (exact) mass is 399 g/mol. The molecule has 0 spiro atoms. The van der Waals surface area contributed by atoms with Crippen molar-refractivity contribution in [3.8, 4) is 0 Å². The fraction of sp³-hybridized carbons (Fsp3) is 0. The molecule has 0 saturated heterocycles. The molecule has 4 rings (SSSR count). The fourth-order valence-corrected chi connectivity index (χ4v) is 3.74. The van der Waals surface area contributed by atoms with Gasteiger partial charge in [-0.1, -0.05) is 48.5 Å². The largest absolute Gasteiger partial charge is 0.399 e. The second-order valence-electron chi connectivity index (χ2n) is 6.33. The summed E-state index contributed by atoms with van der Waals surface area (Å²) in [6, 6.07) is 25.1. The zero-order valence-corrected chi connectivity index (χ0v) is 16.1. The molecule has 3 aromatic carbocycles. The van der Waals surface area contributed by atoms with E-state index in [9.17, 15) is 9.59 Å². The lowest BCUT2D eigenvalue weighted by molar-refractivity contribution is -0.107. The van der Waals surface area contributed by atoms with Crippen molar-refractivity contribution in [3.63, 3.8) is 0 Å². The minimum absolute atomic E-state index is 0.225. The standard InChI is InChI=1S/C23H17N3O2S/c24-16-11-13-18(14-12-16)25-20-19(21(27)15-7-3-1-4-8-15)22(29-23(20)28)26-17-9-5-2-6-10-17/h1-14,25H,24H2. The molecule has 0 atom stereocenters. The zero-order chi connectivity index (χ0) is 20.2. The highest BCUT2D eigenvalue weighted by Gasteiger charge is 2.35. The summed E-state index contributed by atoms with van der Waals surface area (Å²) in [7, 11) is 0. The van der Waals surface area contributed by atoms with Crippen LogP contribution in [-0.4, -0.2) is 15.9 Å². The third-order valence-corrected chi connectivity index (χ3v) is 5.17. The first-order valence-corrected chi connectivity index (χ1v) is 9.76. The highest BCUT2D eigenvalue weighted by atomic mass is 32.2. The smallest absolute Gasteiger partial charge is 0.242 e. The van der Waals surface area contributed by atoms with E-state index in [4.69, 9.17) is 5.73 Å². The third-order valence-electron chi connectivity index (χ3n) is 4.29. The SMILES string of the molecule is Nc1ccc(NC2=C(C(=O)c3ccccc3)C(=Nc3ccccc3)SC2=O)cc1. The van der Waals surface area contributed by atoms with Gasteiger partial charge in [-0.05, 0) is 48.2 Å².